The molecule has 0 unspecified atom stereocenters. The highest BCUT2D eigenvalue weighted by Gasteiger charge is 2.09. The van der Waals surface area contributed by atoms with Gasteiger partial charge in [0.25, 0.3) is 5.91 Å². The highest BCUT2D eigenvalue weighted by atomic mass is 32.1. The van der Waals surface area contributed by atoms with E-state index in [9.17, 15) is 9.18 Å². The first-order valence-electron chi connectivity index (χ1n) is 5.88. The van der Waals surface area contributed by atoms with Gasteiger partial charge in [0.05, 0.1) is 10.2 Å². The summed E-state index contributed by atoms with van der Waals surface area (Å²) >= 11 is 1.27. The monoisotopic (exact) mass is 290 g/mol. The van der Waals surface area contributed by atoms with E-state index in [1.807, 2.05) is 0 Å². The van der Waals surface area contributed by atoms with Crippen molar-refractivity contribution in [2.45, 2.75) is 0 Å². The van der Waals surface area contributed by atoms with Gasteiger partial charge in [-0.3, -0.25) is 9.48 Å². The van der Waals surface area contributed by atoms with Crippen LogP contribution < -0.4 is 4.80 Å². The van der Waals surface area contributed by atoms with E-state index in [1.54, 1.807) is 41.7 Å². The number of benzene rings is 1. The third-order valence-electron chi connectivity index (χ3n) is 2.90. The lowest BCUT2D eigenvalue weighted by Gasteiger charge is -1.94. The minimum Gasteiger partial charge on any atom is -0.319 e. The van der Waals surface area contributed by atoms with Gasteiger partial charge in [-0.2, -0.15) is 10.1 Å². The number of nitrogens with zero attached hydrogens (tertiary/aromatic N) is 4. The molecule has 0 aliphatic rings. The number of carbonyl (C=O) groups is 1. The quantitative estimate of drug-likeness (QED) is 0.687. The Morgan fingerprint density at radius 3 is 2.85 bits per heavy atom. The Bertz CT molecular complexity index is 874. The van der Waals surface area contributed by atoms with Crippen LogP contribution in [0.1, 0.15) is 10.5 Å². The molecule has 5 nitrogen and oxygen atoms in total. The Kier molecular flexibility index (Phi) is 2.98. The highest BCUT2D eigenvalue weighted by Crippen LogP contribution is 2.17. The largest absolute Gasteiger partial charge is 0.319 e. The zero-order valence-corrected chi connectivity index (χ0v) is 11.7. The molecule has 3 rings (SSSR count). The fraction of sp³-hybridized carbons (Fsp3) is 0.154. The lowest BCUT2D eigenvalue weighted by Crippen LogP contribution is -2.13. The summed E-state index contributed by atoms with van der Waals surface area (Å²) in [7, 11) is 3.53. The molecule has 0 spiro atoms. The predicted molar refractivity (Wildman–Crippen MR) is 73.9 cm³/mol. The molecular formula is C13H11FN4OS. The molecule has 1 aromatic carbocycles. The first-order valence-corrected chi connectivity index (χ1v) is 6.70. The number of thiazole rings is 1. The number of halogens is 1. The molecule has 0 saturated heterocycles. The number of hydrogen-bond acceptors (Lipinski definition) is 3. The molecule has 7 heteroatoms. The van der Waals surface area contributed by atoms with E-state index in [1.165, 1.54) is 23.5 Å². The Morgan fingerprint density at radius 1 is 1.35 bits per heavy atom. The molecule has 0 radical (unpaired) electrons. The second-order valence-corrected chi connectivity index (χ2v) is 5.36. The Morgan fingerprint density at radius 2 is 2.15 bits per heavy atom. The van der Waals surface area contributed by atoms with Gasteiger partial charge in [-0.1, -0.05) is 11.3 Å². The van der Waals surface area contributed by atoms with Gasteiger partial charge in [0.15, 0.2) is 10.5 Å². The van der Waals surface area contributed by atoms with Gasteiger partial charge >= 0.3 is 0 Å². The van der Waals surface area contributed by atoms with E-state index in [4.69, 9.17) is 0 Å². The lowest BCUT2D eigenvalue weighted by atomic mass is 10.3. The zero-order valence-electron chi connectivity index (χ0n) is 10.9. The fourth-order valence-corrected chi connectivity index (χ4v) is 2.93. The van der Waals surface area contributed by atoms with Crippen LogP contribution >= 0.6 is 11.3 Å². The van der Waals surface area contributed by atoms with Crippen LogP contribution in [0.5, 0.6) is 0 Å². The first kappa shape index (κ1) is 12.7. The third kappa shape index (κ3) is 2.16. The van der Waals surface area contributed by atoms with Crippen LogP contribution in [0, 0.1) is 5.82 Å². The molecule has 0 saturated carbocycles. The van der Waals surface area contributed by atoms with E-state index in [0.717, 1.165) is 10.2 Å². The fourth-order valence-electron chi connectivity index (χ4n) is 1.89. The van der Waals surface area contributed by atoms with Gasteiger partial charge in [-0.15, -0.1) is 0 Å². The Balaban J connectivity index is 2.12. The van der Waals surface area contributed by atoms with Gasteiger partial charge in [0, 0.05) is 20.3 Å². The van der Waals surface area contributed by atoms with Gasteiger partial charge < -0.3 is 4.57 Å². The van der Waals surface area contributed by atoms with Crippen molar-refractivity contribution in [3.63, 3.8) is 0 Å². The number of rotatable bonds is 1. The van der Waals surface area contributed by atoms with Crippen LogP contribution in [-0.4, -0.2) is 20.3 Å². The maximum atomic E-state index is 13.2. The maximum Gasteiger partial charge on any atom is 0.300 e. The van der Waals surface area contributed by atoms with Crippen molar-refractivity contribution in [3.8, 4) is 0 Å². The van der Waals surface area contributed by atoms with Gasteiger partial charge in [-0.25, -0.2) is 4.39 Å². The molecule has 0 atom stereocenters. The first-order chi connectivity index (χ1) is 9.54. The number of carbonyl (C=O) groups excluding carboxylic acids is 1. The molecule has 1 amide bonds. The summed E-state index contributed by atoms with van der Waals surface area (Å²) in [5, 5.41) is 4.01. The van der Waals surface area contributed by atoms with Crippen LogP contribution in [0.4, 0.5) is 4.39 Å². The zero-order chi connectivity index (χ0) is 14.3. The third-order valence-corrected chi connectivity index (χ3v) is 4.00. The molecule has 2 aromatic heterocycles. The summed E-state index contributed by atoms with van der Waals surface area (Å²) < 4.78 is 17.3. The summed E-state index contributed by atoms with van der Waals surface area (Å²) in [5.41, 5.74) is 1.13. The Hall–Kier alpha value is -2.28. The second kappa shape index (κ2) is 4.68. The lowest BCUT2D eigenvalue weighted by molar-refractivity contribution is 0.0992. The molecule has 0 fully saturated rings. The molecule has 102 valence electrons. The van der Waals surface area contributed by atoms with Crippen molar-refractivity contribution >= 4 is 27.5 Å². The standard InChI is InChI=1S/C13H11FN4OS/c1-17-6-5-9(16-17)12(19)15-13-18(2)10-4-3-8(14)7-11(10)20-13/h3-7H,1-2H3. The normalized spacial score (nSPS) is 12.2. The molecule has 0 aliphatic carbocycles. The maximum absolute atomic E-state index is 13.2. The number of fused-ring (bicyclic) bond motifs is 1. The van der Waals surface area contributed by atoms with E-state index in [0.29, 0.717) is 4.80 Å². The summed E-state index contributed by atoms with van der Waals surface area (Å²) in [5.74, 6) is -0.713. The minimum absolute atomic E-state index is 0.288. The van der Waals surface area contributed by atoms with Crippen LogP contribution in [-0.2, 0) is 14.1 Å². The van der Waals surface area contributed by atoms with Crippen LogP contribution in [0.2, 0.25) is 0 Å². The number of aryl methyl sites for hydroxylation is 2. The molecule has 0 aliphatic heterocycles. The second-order valence-electron chi connectivity index (χ2n) is 4.35. The van der Waals surface area contributed by atoms with Crippen LogP contribution in [0.3, 0.4) is 0 Å². The molecule has 3 aromatic rings. The van der Waals surface area contributed by atoms with Crippen molar-refractivity contribution < 1.29 is 9.18 Å². The van der Waals surface area contributed by atoms with Crippen molar-refractivity contribution in [2.75, 3.05) is 0 Å². The van der Waals surface area contributed by atoms with Crippen molar-refractivity contribution in [3.05, 3.63) is 46.8 Å². The molecule has 20 heavy (non-hydrogen) atoms. The molecule has 0 N–H and O–H groups in total. The Labute approximate surface area is 117 Å². The number of hydrogen-bond donors (Lipinski definition) is 0. The summed E-state index contributed by atoms with van der Waals surface area (Å²) in [4.78, 5) is 16.6. The minimum atomic E-state index is -0.409. The molecule has 0 bridgehead atoms. The molecular weight excluding hydrogens is 279 g/mol. The average molecular weight is 290 g/mol. The summed E-state index contributed by atoms with van der Waals surface area (Å²) in [6.07, 6.45) is 1.68. The van der Waals surface area contributed by atoms with Crippen LogP contribution in [0.15, 0.2) is 35.5 Å². The van der Waals surface area contributed by atoms with Crippen molar-refractivity contribution in [1.82, 2.24) is 14.3 Å². The SMILES string of the molecule is Cn1ccc(C(=O)N=c2sc3cc(F)ccc3n2C)n1. The van der Waals surface area contributed by atoms with Crippen LogP contribution in [0.25, 0.3) is 10.2 Å². The van der Waals surface area contributed by atoms with Gasteiger partial charge in [0.1, 0.15) is 5.82 Å². The predicted octanol–water partition coefficient (Wildman–Crippen LogP) is 1.85. The van der Waals surface area contributed by atoms with E-state index in [2.05, 4.69) is 10.1 Å². The summed E-state index contributed by atoms with van der Waals surface area (Å²) in [6, 6.07) is 6.11. The van der Waals surface area contributed by atoms with E-state index < -0.39 is 5.91 Å². The molecule has 2 heterocycles. The van der Waals surface area contributed by atoms with Crippen molar-refractivity contribution in [2.24, 2.45) is 19.1 Å². The number of aromatic nitrogens is 3. The highest BCUT2D eigenvalue weighted by molar-refractivity contribution is 7.16. The summed E-state index contributed by atoms with van der Waals surface area (Å²) in [6.45, 7) is 0. The van der Waals surface area contributed by atoms with E-state index in [-0.39, 0.29) is 11.5 Å². The van der Waals surface area contributed by atoms with Crippen molar-refractivity contribution in [1.29, 1.82) is 0 Å². The van der Waals surface area contributed by atoms with Gasteiger partial charge in [-0.05, 0) is 24.3 Å². The topological polar surface area (TPSA) is 52.2 Å². The average Bonchev–Trinajstić information content (AvgIpc) is 2.95. The smallest absolute Gasteiger partial charge is 0.300 e. The van der Waals surface area contributed by atoms with E-state index >= 15 is 0 Å². The number of amides is 1. The van der Waals surface area contributed by atoms with Gasteiger partial charge in [0.2, 0.25) is 0 Å².